The van der Waals surface area contributed by atoms with Gasteiger partial charge in [0.05, 0.1) is 7.11 Å². The molecule has 1 unspecified atom stereocenters. The summed E-state index contributed by atoms with van der Waals surface area (Å²) in [6.07, 6.45) is -4.46. The molecule has 1 aromatic carbocycles. The number of hydrogen-bond donors (Lipinski definition) is 1. The minimum absolute atomic E-state index is 0.156. The van der Waals surface area contributed by atoms with Gasteiger partial charge in [0.2, 0.25) is 0 Å². The van der Waals surface area contributed by atoms with E-state index in [-0.39, 0.29) is 11.1 Å². The van der Waals surface area contributed by atoms with Crippen LogP contribution in [-0.2, 0) is 9.53 Å². The topological polar surface area (TPSA) is 46.5 Å². The Morgan fingerprint density at radius 3 is 2.56 bits per heavy atom. The lowest BCUT2D eigenvalue weighted by Crippen LogP contribution is -2.15. The second-order valence-electron chi connectivity index (χ2n) is 3.00. The van der Waals surface area contributed by atoms with E-state index >= 15 is 0 Å². The molecule has 88 valence electrons. The summed E-state index contributed by atoms with van der Waals surface area (Å²) in [4.78, 5) is 11.1. The number of carbonyl (C=O) groups excluding carboxylic acids is 1. The van der Waals surface area contributed by atoms with E-state index in [2.05, 4.69) is 20.7 Å². The maximum atomic E-state index is 12.6. The first kappa shape index (κ1) is 13.1. The van der Waals surface area contributed by atoms with Crippen LogP contribution in [0.2, 0.25) is 0 Å². The van der Waals surface area contributed by atoms with Crippen molar-refractivity contribution in [1.82, 2.24) is 0 Å². The molecule has 3 nitrogen and oxygen atoms in total. The molecule has 0 saturated heterocycles. The number of benzene rings is 1. The van der Waals surface area contributed by atoms with Gasteiger partial charge in [0, 0.05) is 15.6 Å². The predicted molar refractivity (Wildman–Crippen MR) is 56.1 cm³/mol. The zero-order valence-electron chi connectivity index (χ0n) is 8.28. The number of aliphatic hydroxyl groups excluding tert-OH is 1. The second kappa shape index (κ2) is 5.36. The maximum absolute atomic E-state index is 12.6. The van der Waals surface area contributed by atoms with E-state index in [1.807, 2.05) is 0 Å². The van der Waals surface area contributed by atoms with Crippen LogP contribution in [-0.4, -0.2) is 18.2 Å². The quantitative estimate of drug-likeness (QED) is 0.872. The molecule has 0 fully saturated rings. The van der Waals surface area contributed by atoms with Crippen molar-refractivity contribution in [3.05, 3.63) is 33.8 Å². The van der Waals surface area contributed by atoms with Crippen molar-refractivity contribution >= 4 is 21.9 Å². The molecule has 0 saturated carbocycles. The molecule has 0 heterocycles. The van der Waals surface area contributed by atoms with Crippen LogP contribution in [0.3, 0.4) is 0 Å². The zero-order valence-corrected chi connectivity index (χ0v) is 9.87. The third kappa shape index (κ3) is 2.76. The molecule has 1 atom stereocenters. The van der Waals surface area contributed by atoms with E-state index in [0.717, 1.165) is 13.2 Å². The molecule has 0 aliphatic carbocycles. The Bertz CT molecular complexity index is 396. The highest BCUT2D eigenvalue weighted by Crippen LogP contribution is 2.30. The molecule has 0 aliphatic rings. The summed E-state index contributed by atoms with van der Waals surface area (Å²) in [6.45, 7) is 0. The van der Waals surface area contributed by atoms with Crippen LogP contribution < -0.4 is 0 Å². The van der Waals surface area contributed by atoms with E-state index in [4.69, 9.17) is 0 Å². The maximum Gasteiger partial charge on any atom is 0.339 e. The molecule has 0 bridgehead atoms. The van der Waals surface area contributed by atoms with Gasteiger partial charge >= 0.3 is 5.97 Å². The van der Waals surface area contributed by atoms with E-state index in [9.17, 15) is 18.7 Å². The monoisotopic (exact) mass is 294 g/mol. The molecule has 0 amide bonds. The molecular formula is C10H9BrF2O3. The van der Waals surface area contributed by atoms with Crippen molar-refractivity contribution in [3.63, 3.8) is 0 Å². The summed E-state index contributed by atoms with van der Waals surface area (Å²) >= 11 is 3.08. The first-order valence-electron chi connectivity index (χ1n) is 4.30. The largest absolute Gasteiger partial charge is 0.467 e. The fraction of sp³-hybridized carbons (Fsp3) is 0.300. The standard InChI is InChI=1S/C10H9BrF2O3/c1-16-10(15)8(14)7-4-5(11)2-3-6(7)9(12)13/h2-4,8-9,14H,1H3. The van der Waals surface area contributed by atoms with Crippen LogP contribution in [0.1, 0.15) is 23.7 Å². The van der Waals surface area contributed by atoms with Gasteiger partial charge in [0.1, 0.15) is 0 Å². The van der Waals surface area contributed by atoms with Crippen LogP contribution in [0.15, 0.2) is 22.7 Å². The smallest absolute Gasteiger partial charge is 0.339 e. The van der Waals surface area contributed by atoms with Gasteiger partial charge in [0.25, 0.3) is 6.43 Å². The Kier molecular flexibility index (Phi) is 4.37. The lowest BCUT2D eigenvalue weighted by molar-refractivity contribution is -0.150. The third-order valence-electron chi connectivity index (χ3n) is 2.00. The Labute approximate surface area is 99.2 Å². The van der Waals surface area contributed by atoms with E-state index in [1.165, 1.54) is 12.1 Å². The first-order valence-corrected chi connectivity index (χ1v) is 5.10. The molecular weight excluding hydrogens is 286 g/mol. The molecule has 0 aromatic heterocycles. The number of ether oxygens (including phenoxy) is 1. The van der Waals surface area contributed by atoms with E-state index in [0.29, 0.717) is 4.47 Å². The van der Waals surface area contributed by atoms with Crippen molar-refractivity contribution in [2.75, 3.05) is 7.11 Å². The summed E-state index contributed by atoms with van der Waals surface area (Å²) in [6, 6.07) is 3.83. The minimum atomic E-state index is -2.76. The van der Waals surface area contributed by atoms with Crippen molar-refractivity contribution in [2.24, 2.45) is 0 Å². The van der Waals surface area contributed by atoms with Gasteiger partial charge < -0.3 is 9.84 Å². The minimum Gasteiger partial charge on any atom is -0.467 e. The highest BCUT2D eigenvalue weighted by molar-refractivity contribution is 9.10. The summed E-state index contributed by atoms with van der Waals surface area (Å²) in [5.41, 5.74) is -0.544. The number of rotatable bonds is 3. The molecule has 0 spiro atoms. The van der Waals surface area contributed by atoms with E-state index in [1.54, 1.807) is 0 Å². The van der Waals surface area contributed by atoms with Crippen LogP contribution >= 0.6 is 15.9 Å². The summed E-state index contributed by atoms with van der Waals surface area (Å²) in [5.74, 6) is -0.972. The lowest BCUT2D eigenvalue weighted by Gasteiger charge is -2.13. The van der Waals surface area contributed by atoms with Crippen molar-refractivity contribution in [2.45, 2.75) is 12.5 Å². The highest BCUT2D eigenvalue weighted by Gasteiger charge is 2.24. The summed E-state index contributed by atoms with van der Waals surface area (Å²) in [7, 11) is 1.07. The Morgan fingerprint density at radius 1 is 1.44 bits per heavy atom. The fourth-order valence-corrected chi connectivity index (χ4v) is 1.60. The summed E-state index contributed by atoms with van der Waals surface area (Å²) in [5, 5.41) is 9.51. The van der Waals surface area contributed by atoms with Crippen LogP contribution in [0, 0.1) is 0 Å². The van der Waals surface area contributed by atoms with Gasteiger partial charge in [-0.15, -0.1) is 0 Å². The Morgan fingerprint density at radius 2 is 2.06 bits per heavy atom. The van der Waals surface area contributed by atoms with Gasteiger partial charge in [-0.2, -0.15) is 0 Å². The van der Waals surface area contributed by atoms with Gasteiger partial charge in [-0.05, 0) is 12.1 Å². The van der Waals surface area contributed by atoms with Gasteiger partial charge in [-0.1, -0.05) is 22.0 Å². The fourth-order valence-electron chi connectivity index (χ4n) is 1.22. The summed E-state index contributed by atoms with van der Waals surface area (Å²) < 4.78 is 30.0. The number of methoxy groups -OCH3 is 1. The van der Waals surface area contributed by atoms with Crippen molar-refractivity contribution in [3.8, 4) is 0 Å². The first-order chi connectivity index (χ1) is 7.47. The van der Waals surface area contributed by atoms with Crippen molar-refractivity contribution < 1.29 is 23.4 Å². The number of halogens is 3. The molecule has 6 heteroatoms. The van der Waals surface area contributed by atoms with Gasteiger partial charge in [-0.3, -0.25) is 0 Å². The van der Waals surface area contributed by atoms with Crippen LogP contribution in [0.5, 0.6) is 0 Å². The third-order valence-corrected chi connectivity index (χ3v) is 2.50. The van der Waals surface area contributed by atoms with Crippen LogP contribution in [0.4, 0.5) is 8.78 Å². The average molecular weight is 295 g/mol. The SMILES string of the molecule is COC(=O)C(O)c1cc(Br)ccc1C(F)F. The van der Waals surface area contributed by atoms with Gasteiger partial charge in [-0.25, -0.2) is 13.6 Å². The molecule has 1 N–H and O–H groups in total. The Balaban J connectivity index is 3.19. The zero-order chi connectivity index (χ0) is 12.3. The number of carbonyl (C=O) groups is 1. The van der Waals surface area contributed by atoms with Crippen molar-refractivity contribution in [1.29, 1.82) is 0 Å². The normalized spacial score (nSPS) is 12.6. The molecule has 16 heavy (non-hydrogen) atoms. The number of hydrogen-bond acceptors (Lipinski definition) is 3. The Hall–Kier alpha value is -1.01. The number of alkyl halides is 2. The predicted octanol–water partition coefficient (Wildman–Crippen LogP) is 2.59. The lowest BCUT2D eigenvalue weighted by atomic mass is 10.0. The number of esters is 1. The molecule has 1 aromatic rings. The van der Waals surface area contributed by atoms with Crippen LogP contribution in [0.25, 0.3) is 0 Å². The number of aliphatic hydroxyl groups is 1. The molecule has 0 radical (unpaired) electrons. The van der Waals surface area contributed by atoms with Gasteiger partial charge in [0.15, 0.2) is 6.10 Å². The molecule has 0 aliphatic heterocycles. The van der Waals surface area contributed by atoms with E-state index < -0.39 is 18.5 Å². The average Bonchev–Trinajstić information content (AvgIpc) is 2.26. The molecule has 1 rings (SSSR count). The second-order valence-corrected chi connectivity index (χ2v) is 3.92. The highest BCUT2D eigenvalue weighted by atomic mass is 79.9.